The number of fused-ring (bicyclic) bond motifs is 3. The molecule has 0 fully saturated rings. The van der Waals surface area contributed by atoms with Crippen LogP contribution in [0.2, 0.25) is 0 Å². The van der Waals surface area contributed by atoms with Crippen molar-refractivity contribution in [2.24, 2.45) is 0 Å². The summed E-state index contributed by atoms with van der Waals surface area (Å²) in [6.07, 6.45) is 12.9. The fourth-order valence-electron chi connectivity index (χ4n) is 5.55. The lowest BCUT2D eigenvalue weighted by Gasteiger charge is -2.14. The van der Waals surface area contributed by atoms with Gasteiger partial charge in [0.25, 0.3) is 0 Å². The molecule has 0 aromatic heterocycles. The standard InChI is InChI=1S/C37H57NO7/c1-2-3-4-5-6-7-8-9-10-15-21-40-23-25-42-27-29-44-30-28-43-26-24-41-22-20-38-37(39)45-31-36-34-18-13-11-16-32(34)33-17-12-14-19-35(33)36/h11-14,16-19,36H,2-10,15,20-31H2,1H3,(H,38,39). The molecule has 0 bridgehead atoms. The Morgan fingerprint density at radius 1 is 0.556 bits per heavy atom. The lowest BCUT2D eigenvalue weighted by molar-refractivity contribution is -0.0110. The van der Waals surface area contributed by atoms with Crippen molar-refractivity contribution < 1.29 is 33.2 Å². The highest BCUT2D eigenvalue weighted by Gasteiger charge is 2.28. The summed E-state index contributed by atoms with van der Waals surface area (Å²) in [5.41, 5.74) is 4.82. The average molecular weight is 628 g/mol. The first kappa shape index (κ1) is 37.0. The second-order valence-corrected chi connectivity index (χ2v) is 11.5. The number of ether oxygens (including phenoxy) is 6. The third kappa shape index (κ3) is 15.6. The molecule has 0 saturated carbocycles. The number of hydrogen-bond donors (Lipinski definition) is 1. The van der Waals surface area contributed by atoms with Gasteiger partial charge in [0.05, 0.1) is 59.5 Å². The third-order valence-corrected chi connectivity index (χ3v) is 7.99. The smallest absolute Gasteiger partial charge is 0.407 e. The van der Waals surface area contributed by atoms with Crippen LogP contribution < -0.4 is 5.32 Å². The molecule has 0 heterocycles. The van der Waals surface area contributed by atoms with E-state index in [1.165, 1.54) is 80.0 Å². The Balaban J connectivity index is 1.01. The number of carbonyl (C=O) groups is 1. The molecule has 0 aliphatic heterocycles. The van der Waals surface area contributed by atoms with E-state index in [1.807, 2.05) is 24.3 Å². The number of unbranched alkanes of at least 4 members (excludes halogenated alkanes) is 9. The van der Waals surface area contributed by atoms with Crippen LogP contribution in [0.1, 0.15) is 88.2 Å². The molecule has 252 valence electrons. The molecule has 0 unspecified atom stereocenters. The number of carbonyl (C=O) groups excluding carboxylic acids is 1. The summed E-state index contributed by atoms with van der Waals surface area (Å²) in [6, 6.07) is 16.6. The summed E-state index contributed by atoms with van der Waals surface area (Å²) in [7, 11) is 0. The van der Waals surface area contributed by atoms with Gasteiger partial charge in [-0.25, -0.2) is 4.79 Å². The van der Waals surface area contributed by atoms with Crippen LogP contribution in [-0.2, 0) is 28.4 Å². The number of rotatable bonds is 28. The summed E-state index contributed by atoms with van der Waals surface area (Å²) < 4.78 is 33.3. The van der Waals surface area contributed by atoms with E-state index >= 15 is 0 Å². The summed E-state index contributed by atoms with van der Waals surface area (Å²) in [5, 5.41) is 2.75. The molecule has 2 aromatic carbocycles. The first-order valence-corrected chi connectivity index (χ1v) is 17.3. The van der Waals surface area contributed by atoms with Crippen LogP contribution in [0.4, 0.5) is 4.79 Å². The zero-order valence-corrected chi connectivity index (χ0v) is 27.6. The highest BCUT2D eigenvalue weighted by molar-refractivity contribution is 5.79. The molecular formula is C37H57NO7. The Kier molecular flexibility index (Phi) is 20.3. The fourth-order valence-corrected chi connectivity index (χ4v) is 5.55. The predicted octanol–water partition coefficient (Wildman–Crippen LogP) is 7.53. The van der Waals surface area contributed by atoms with Gasteiger partial charge in [-0.2, -0.15) is 0 Å². The number of hydrogen-bond acceptors (Lipinski definition) is 7. The van der Waals surface area contributed by atoms with E-state index < -0.39 is 6.09 Å². The van der Waals surface area contributed by atoms with Crippen LogP contribution in [-0.4, -0.2) is 85.3 Å². The maximum absolute atomic E-state index is 12.2. The Morgan fingerprint density at radius 3 is 1.49 bits per heavy atom. The average Bonchev–Trinajstić information content (AvgIpc) is 3.39. The van der Waals surface area contributed by atoms with Crippen molar-refractivity contribution in [1.82, 2.24) is 5.32 Å². The molecule has 0 saturated heterocycles. The van der Waals surface area contributed by atoms with E-state index in [1.54, 1.807) is 0 Å². The van der Waals surface area contributed by atoms with Crippen molar-refractivity contribution in [2.45, 2.75) is 77.0 Å². The summed E-state index contributed by atoms with van der Waals surface area (Å²) >= 11 is 0. The zero-order valence-electron chi connectivity index (χ0n) is 27.6. The first-order chi connectivity index (χ1) is 22.3. The van der Waals surface area contributed by atoms with Gasteiger partial charge in [-0.3, -0.25) is 0 Å². The van der Waals surface area contributed by atoms with Crippen LogP contribution in [0.25, 0.3) is 11.1 Å². The summed E-state index contributed by atoms with van der Waals surface area (Å²) in [4.78, 5) is 12.2. The quantitative estimate of drug-likeness (QED) is 0.0977. The minimum Gasteiger partial charge on any atom is -0.449 e. The molecular weight excluding hydrogens is 570 g/mol. The maximum Gasteiger partial charge on any atom is 0.407 e. The molecule has 1 aliphatic rings. The van der Waals surface area contributed by atoms with Gasteiger partial charge >= 0.3 is 6.09 Å². The molecule has 2 aromatic rings. The number of alkyl carbamates (subject to hydrolysis) is 1. The van der Waals surface area contributed by atoms with Gasteiger partial charge < -0.3 is 33.7 Å². The largest absolute Gasteiger partial charge is 0.449 e. The van der Waals surface area contributed by atoms with E-state index in [0.717, 1.165) is 13.0 Å². The second-order valence-electron chi connectivity index (χ2n) is 11.5. The molecule has 45 heavy (non-hydrogen) atoms. The van der Waals surface area contributed by atoms with Crippen molar-refractivity contribution in [1.29, 1.82) is 0 Å². The van der Waals surface area contributed by atoms with Gasteiger partial charge in [0, 0.05) is 19.1 Å². The molecule has 3 rings (SSSR count). The highest BCUT2D eigenvalue weighted by Crippen LogP contribution is 2.44. The highest BCUT2D eigenvalue weighted by atomic mass is 16.6. The van der Waals surface area contributed by atoms with Gasteiger partial charge in [0.1, 0.15) is 6.61 Å². The molecule has 8 nitrogen and oxygen atoms in total. The van der Waals surface area contributed by atoms with Crippen molar-refractivity contribution >= 4 is 6.09 Å². The summed E-state index contributed by atoms with van der Waals surface area (Å²) in [6.45, 7) is 8.45. The Hall–Kier alpha value is -2.49. The van der Waals surface area contributed by atoms with Gasteiger partial charge in [0.2, 0.25) is 0 Å². The molecule has 0 spiro atoms. The lowest BCUT2D eigenvalue weighted by Crippen LogP contribution is -2.29. The topological polar surface area (TPSA) is 84.5 Å². The monoisotopic (exact) mass is 627 g/mol. The van der Waals surface area contributed by atoms with E-state index in [4.69, 9.17) is 28.4 Å². The summed E-state index contributed by atoms with van der Waals surface area (Å²) in [5.74, 6) is 0.0524. The minimum atomic E-state index is -0.435. The predicted molar refractivity (Wildman–Crippen MR) is 179 cm³/mol. The molecule has 1 N–H and O–H groups in total. The van der Waals surface area contributed by atoms with Crippen LogP contribution in [0.3, 0.4) is 0 Å². The normalized spacial score (nSPS) is 12.3. The van der Waals surface area contributed by atoms with E-state index in [0.29, 0.717) is 72.6 Å². The van der Waals surface area contributed by atoms with Gasteiger partial charge in [-0.15, -0.1) is 0 Å². The van der Waals surface area contributed by atoms with E-state index in [9.17, 15) is 4.79 Å². The van der Waals surface area contributed by atoms with Gasteiger partial charge in [0.15, 0.2) is 0 Å². The SMILES string of the molecule is CCCCCCCCCCCCOCCOCCOCCOCCOCCNC(=O)OCC1c2ccccc2-c2ccccc21. The number of benzene rings is 2. The third-order valence-electron chi connectivity index (χ3n) is 7.99. The van der Waals surface area contributed by atoms with Crippen molar-refractivity contribution in [3.63, 3.8) is 0 Å². The van der Waals surface area contributed by atoms with Crippen molar-refractivity contribution in [2.75, 3.05) is 79.2 Å². The molecule has 0 radical (unpaired) electrons. The molecule has 1 amide bonds. The first-order valence-electron chi connectivity index (χ1n) is 17.3. The van der Waals surface area contributed by atoms with Crippen LogP contribution in [0, 0.1) is 0 Å². The van der Waals surface area contributed by atoms with E-state index in [2.05, 4.69) is 36.5 Å². The van der Waals surface area contributed by atoms with Crippen LogP contribution >= 0.6 is 0 Å². The molecule has 0 atom stereocenters. The molecule has 8 heteroatoms. The fraction of sp³-hybridized carbons (Fsp3) is 0.649. The maximum atomic E-state index is 12.2. The zero-order chi connectivity index (χ0) is 31.6. The Morgan fingerprint density at radius 2 is 0.978 bits per heavy atom. The van der Waals surface area contributed by atoms with Crippen LogP contribution in [0.5, 0.6) is 0 Å². The Labute approximate surface area is 271 Å². The number of amides is 1. The van der Waals surface area contributed by atoms with Gasteiger partial charge in [-0.05, 0) is 28.7 Å². The Bertz CT molecular complexity index is 988. The van der Waals surface area contributed by atoms with Crippen molar-refractivity contribution in [3.05, 3.63) is 59.7 Å². The van der Waals surface area contributed by atoms with Crippen LogP contribution in [0.15, 0.2) is 48.5 Å². The second kappa shape index (κ2) is 24.7. The number of nitrogens with one attached hydrogen (secondary N) is 1. The lowest BCUT2D eigenvalue weighted by atomic mass is 9.98. The molecule has 1 aliphatic carbocycles. The van der Waals surface area contributed by atoms with Crippen molar-refractivity contribution in [3.8, 4) is 11.1 Å². The van der Waals surface area contributed by atoms with E-state index in [-0.39, 0.29) is 5.92 Å². The van der Waals surface area contributed by atoms with Gasteiger partial charge in [-0.1, -0.05) is 113 Å². The minimum absolute atomic E-state index is 0.0524.